The second-order valence-corrected chi connectivity index (χ2v) is 3.06. The fraction of sp³-hybridized carbons (Fsp3) is 0.875. The highest BCUT2D eigenvalue weighted by atomic mass is 16.3. The van der Waals surface area contributed by atoms with Gasteiger partial charge in [0.1, 0.15) is 0 Å². The first-order chi connectivity index (χ1) is 5.24. The number of hydrogen-bond acceptors (Lipinski definition) is 3. The summed E-state index contributed by atoms with van der Waals surface area (Å²) >= 11 is 0. The Bertz CT molecular complexity index is 130. The van der Waals surface area contributed by atoms with Gasteiger partial charge in [-0.25, -0.2) is 0 Å². The topological polar surface area (TPSA) is 40.5 Å². The summed E-state index contributed by atoms with van der Waals surface area (Å²) in [4.78, 5) is 12.3. The largest absolute Gasteiger partial charge is 0.393 e. The first-order valence-electron chi connectivity index (χ1n) is 4.04. The van der Waals surface area contributed by atoms with Crippen LogP contribution in [0.4, 0.5) is 0 Å². The van der Waals surface area contributed by atoms with Crippen LogP contribution in [-0.4, -0.2) is 41.5 Å². The molecule has 1 rings (SSSR count). The van der Waals surface area contributed by atoms with E-state index in [1.807, 2.05) is 18.1 Å². The fourth-order valence-electron chi connectivity index (χ4n) is 1.35. The molecule has 1 unspecified atom stereocenters. The Labute approximate surface area is 67.0 Å². The van der Waals surface area contributed by atoms with E-state index in [-0.39, 0.29) is 12.1 Å². The molecular formula is C8H14NO2. The number of aliphatic hydroxyl groups is 1. The number of carbonyl (C=O) groups excluding carboxylic acids is 1. The van der Waals surface area contributed by atoms with Crippen LogP contribution in [-0.2, 0) is 4.79 Å². The number of likely N-dealkylation sites (tertiary alicyclic amines) is 1. The van der Waals surface area contributed by atoms with Crippen LogP contribution in [0.15, 0.2) is 0 Å². The van der Waals surface area contributed by atoms with E-state index < -0.39 is 0 Å². The van der Waals surface area contributed by atoms with E-state index in [2.05, 4.69) is 0 Å². The first kappa shape index (κ1) is 8.68. The highest BCUT2D eigenvalue weighted by Crippen LogP contribution is 2.11. The van der Waals surface area contributed by atoms with Crippen molar-refractivity contribution in [2.24, 2.45) is 0 Å². The van der Waals surface area contributed by atoms with Crippen LogP contribution < -0.4 is 0 Å². The lowest BCUT2D eigenvalue weighted by Gasteiger charge is -2.31. The molecule has 3 heteroatoms. The molecule has 11 heavy (non-hydrogen) atoms. The van der Waals surface area contributed by atoms with Gasteiger partial charge in [-0.1, -0.05) is 0 Å². The minimum absolute atomic E-state index is 0.109. The van der Waals surface area contributed by atoms with Gasteiger partial charge < -0.3 is 5.11 Å². The predicted octanol–water partition coefficient (Wildman–Crippen LogP) is -0.0587. The summed E-state index contributed by atoms with van der Waals surface area (Å²) in [7, 11) is 0. The molecule has 1 fully saturated rings. The van der Waals surface area contributed by atoms with Gasteiger partial charge in [0.15, 0.2) is 0 Å². The molecule has 0 aromatic carbocycles. The quantitative estimate of drug-likeness (QED) is 0.609. The molecule has 0 aromatic heterocycles. The summed E-state index contributed by atoms with van der Waals surface area (Å²) in [6.45, 7) is 3.47. The molecule has 1 heterocycles. The molecule has 1 N–H and O–H groups in total. The molecule has 1 radical (unpaired) electrons. The summed E-state index contributed by atoms with van der Waals surface area (Å²) in [5.41, 5.74) is 0. The van der Waals surface area contributed by atoms with Gasteiger partial charge in [0.05, 0.1) is 12.1 Å². The average molecular weight is 156 g/mol. The van der Waals surface area contributed by atoms with Crippen molar-refractivity contribution in [1.82, 2.24) is 4.90 Å². The van der Waals surface area contributed by atoms with Crippen molar-refractivity contribution >= 4 is 6.29 Å². The zero-order valence-electron chi connectivity index (χ0n) is 6.79. The Hall–Kier alpha value is -0.410. The highest BCUT2D eigenvalue weighted by Gasteiger charge is 2.20. The van der Waals surface area contributed by atoms with Crippen molar-refractivity contribution < 1.29 is 9.90 Å². The van der Waals surface area contributed by atoms with Gasteiger partial charge in [-0.05, 0) is 19.8 Å². The van der Waals surface area contributed by atoms with E-state index in [4.69, 9.17) is 5.11 Å². The molecule has 0 saturated carbocycles. The van der Waals surface area contributed by atoms with Crippen LogP contribution in [0.25, 0.3) is 0 Å². The average Bonchev–Trinajstić information content (AvgIpc) is 2.05. The number of hydrogen-bond donors (Lipinski definition) is 1. The summed E-state index contributed by atoms with van der Waals surface area (Å²) in [6.07, 6.45) is 3.35. The summed E-state index contributed by atoms with van der Waals surface area (Å²) in [5.74, 6) is 0. The zero-order valence-corrected chi connectivity index (χ0v) is 6.79. The van der Waals surface area contributed by atoms with Crippen LogP contribution in [0, 0.1) is 0 Å². The zero-order chi connectivity index (χ0) is 8.27. The Morgan fingerprint density at radius 2 is 2.09 bits per heavy atom. The van der Waals surface area contributed by atoms with Gasteiger partial charge in [0, 0.05) is 13.1 Å². The standard InChI is InChI=1S/C8H14NO2/c1-7(6-10)9-4-2-8(11)3-5-9/h7-8,11H,2-5H2,1H3. The Morgan fingerprint density at radius 3 is 2.55 bits per heavy atom. The molecule has 63 valence electrons. The second-order valence-electron chi connectivity index (χ2n) is 3.06. The monoisotopic (exact) mass is 156 g/mol. The van der Waals surface area contributed by atoms with Crippen LogP contribution in [0.2, 0.25) is 0 Å². The molecule has 1 aliphatic heterocycles. The molecular weight excluding hydrogens is 142 g/mol. The van der Waals surface area contributed by atoms with Crippen LogP contribution in [0.3, 0.4) is 0 Å². The Kier molecular flexibility index (Phi) is 3.02. The summed E-state index contributed by atoms with van der Waals surface area (Å²) in [6, 6.07) is -0.109. The van der Waals surface area contributed by atoms with Crippen molar-refractivity contribution in [3.63, 3.8) is 0 Å². The molecule has 3 nitrogen and oxygen atoms in total. The van der Waals surface area contributed by atoms with Crippen molar-refractivity contribution in [2.75, 3.05) is 13.1 Å². The fourth-order valence-corrected chi connectivity index (χ4v) is 1.35. The van der Waals surface area contributed by atoms with Gasteiger partial charge in [0.25, 0.3) is 0 Å². The first-order valence-corrected chi connectivity index (χ1v) is 4.04. The van der Waals surface area contributed by atoms with Crippen LogP contribution in [0.1, 0.15) is 19.8 Å². The van der Waals surface area contributed by atoms with Crippen LogP contribution >= 0.6 is 0 Å². The van der Waals surface area contributed by atoms with E-state index in [0.717, 1.165) is 25.9 Å². The molecule has 0 bridgehead atoms. The SMILES string of the molecule is CC([C]=O)N1CCC(O)CC1. The normalized spacial score (nSPS) is 24.9. The molecule has 1 aliphatic rings. The predicted molar refractivity (Wildman–Crippen MR) is 42.0 cm³/mol. The molecule has 0 aromatic rings. The second kappa shape index (κ2) is 3.83. The third-order valence-electron chi connectivity index (χ3n) is 2.22. The van der Waals surface area contributed by atoms with Crippen molar-refractivity contribution in [2.45, 2.75) is 31.9 Å². The van der Waals surface area contributed by atoms with E-state index in [1.165, 1.54) is 0 Å². The van der Waals surface area contributed by atoms with E-state index in [9.17, 15) is 4.79 Å². The maximum absolute atomic E-state index is 10.3. The minimum atomic E-state index is -0.162. The molecule has 0 aliphatic carbocycles. The number of rotatable bonds is 2. The van der Waals surface area contributed by atoms with Gasteiger partial charge in [0.2, 0.25) is 6.29 Å². The van der Waals surface area contributed by atoms with Crippen molar-refractivity contribution in [1.29, 1.82) is 0 Å². The molecule has 0 amide bonds. The lowest BCUT2D eigenvalue weighted by molar-refractivity contribution is 0.0763. The highest BCUT2D eigenvalue weighted by molar-refractivity contribution is 5.57. The Balaban J connectivity index is 2.32. The van der Waals surface area contributed by atoms with Gasteiger partial charge in [-0.2, -0.15) is 0 Å². The number of piperidine rings is 1. The van der Waals surface area contributed by atoms with Crippen LogP contribution in [0.5, 0.6) is 0 Å². The summed E-state index contributed by atoms with van der Waals surface area (Å²) < 4.78 is 0. The third kappa shape index (κ3) is 2.27. The minimum Gasteiger partial charge on any atom is -0.393 e. The van der Waals surface area contributed by atoms with E-state index >= 15 is 0 Å². The number of aliphatic hydroxyl groups excluding tert-OH is 1. The van der Waals surface area contributed by atoms with Gasteiger partial charge in [-0.3, -0.25) is 9.69 Å². The smallest absolute Gasteiger partial charge is 0.216 e. The third-order valence-corrected chi connectivity index (χ3v) is 2.22. The van der Waals surface area contributed by atoms with Crippen molar-refractivity contribution in [3.05, 3.63) is 0 Å². The Morgan fingerprint density at radius 1 is 1.55 bits per heavy atom. The lowest BCUT2D eigenvalue weighted by atomic mass is 10.1. The van der Waals surface area contributed by atoms with E-state index in [0.29, 0.717) is 0 Å². The maximum atomic E-state index is 10.3. The molecule has 1 atom stereocenters. The van der Waals surface area contributed by atoms with E-state index in [1.54, 1.807) is 0 Å². The van der Waals surface area contributed by atoms with Crippen molar-refractivity contribution in [3.8, 4) is 0 Å². The summed E-state index contributed by atoms with van der Waals surface area (Å²) in [5, 5.41) is 9.16. The lowest BCUT2D eigenvalue weighted by Crippen LogP contribution is -2.42. The molecule has 0 spiro atoms. The van der Waals surface area contributed by atoms with Gasteiger partial charge in [-0.15, -0.1) is 0 Å². The molecule has 1 saturated heterocycles. The van der Waals surface area contributed by atoms with Gasteiger partial charge >= 0.3 is 0 Å². The maximum Gasteiger partial charge on any atom is 0.216 e. The number of nitrogens with zero attached hydrogens (tertiary/aromatic N) is 1.